The maximum Gasteiger partial charge on any atom is 0.245 e. The van der Waals surface area contributed by atoms with Crippen LogP contribution in [0.15, 0.2) is 27.6 Å². The lowest BCUT2D eigenvalue weighted by atomic mass is 10.3. The molecule has 0 aromatic heterocycles. The van der Waals surface area contributed by atoms with Gasteiger partial charge in [0.2, 0.25) is 15.9 Å². The van der Waals surface area contributed by atoms with E-state index in [1.807, 2.05) is 0 Å². The number of nitrogens with two attached hydrogens (primary N) is 2. The van der Waals surface area contributed by atoms with E-state index < -0.39 is 22.5 Å². The lowest BCUT2D eigenvalue weighted by Crippen LogP contribution is -2.35. The number of hydrogen-bond donors (Lipinski definition) is 2. The number of primary amides is 1. The number of nitrogens with zero attached hydrogens (tertiary/aromatic N) is 1. The molecule has 0 spiro atoms. The van der Waals surface area contributed by atoms with Crippen LogP contribution in [0.1, 0.15) is 0 Å². The number of rotatable bonds is 4. The van der Waals surface area contributed by atoms with Gasteiger partial charge in [-0.1, -0.05) is 15.9 Å². The second-order valence-corrected chi connectivity index (χ2v) is 6.34. The van der Waals surface area contributed by atoms with Crippen LogP contribution in [0.5, 0.6) is 0 Å². The number of sulfonamides is 1. The summed E-state index contributed by atoms with van der Waals surface area (Å²) in [5.74, 6) is -0.732. The topological polar surface area (TPSA) is 106 Å². The number of likely N-dealkylation sites (N-methyl/N-ethyl adjacent to an activating group) is 1. The van der Waals surface area contributed by atoms with Crippen molar-refractivity contribution in [2.24, 2.45) is 5.73 Å². The second-order valence-electron chi connectivity index (χ2n) is 3.41. The first-order valence-electron chi connectivity index (χ1n) is 4.55. The molecule has 0 atom stereocenters. The molecule has 17 heavy (non-hydrogen) atoms. The summed E-state index contributed by atoms with van der Waals surface area (Å²) in [6.45, 7) is -0.395. The van der Waals surface area contributed by atoms with Gasteiger partial charge in [0.15, 0.2) is 0 Å². The van der Waals surface area contributed by atoms with Crippen molar-refractivity contribution in [1.82, 2.24) is 4.31 Å². The van der Waals surface area contributed by atoms with E-state index >= 15 is 0 Å². The molecule has 0 aliphatic heterocycles. The average Bonchev–Trinajstić information content (AvgIpc) is 2.20. The Bertz CT molecular complexity index is 544. The molecule has 0 heterocycles. The van der Waals surface area contributed by atoms with Gasteiger partial charge < -0.3 is 11.5 Å². The van der Waals surface area contributed by atoms with Gasteiger partial charge in [-0.25, -0.2) is 8.42 Å². The Kier molecular flexibility index (Phi) is 4.12. The van der Waals surface area contributed by atoms with Crippen LogP contribution in [0.2, 0.25) is 0 Å². The van der Waals surface area contributed by atoms with Gasteiger partial charge in [-0.3, -0.25) is 4.79 Å². The summed E-state index contributed by atoms with van der Waals surface area (Å²) >= 11 is 3.16. The van der Waals surface area contributed by atoms with E-state index in [0.29, 0.717) is 4.47 Å². The molecule has 1 aromatic carbocycles. The first kappa shape index (κ1) is 13.9. The highest BCUT2D eigenvalue weighted by Gasteiger charge is 2.24. The van der Waals surface area contributed by atoms with Gasteiger partial charge in [0.05, 0.1) is 12.2 Å². The molecule has 1 amide bonds. The van der Waals surface area contributed by atoms with Crippen LogP contribution in [0.25, 0.3) is 0 Å². The number of hydrogen-bond acceptors (Lipinski definition) is 4. The summed E-state index contributed by atoms with van der Waals surface area (Å²) in [6, 6.07) is 4.47. The number of amides is 1. The van der Waals surface area contributed by atoms with Gasteiger partial charge in [0.1, 0.15) is 4.90 Å². The van der Waals surface area contributed by atoms with Crippen LogP contribution in [0.3, 0.4) is 0 Å². The van der Waals surface area contributed by atoms with E-state index in [1.54, 1.807) is 6.07 Å². The van der Waals surface area contributed by atoms with Crippen LogP contribution in [0, 0.1) is 0 Å². The van der Waals surface area contributed by atoms with Crippen molar-refractivity contribution in [3.63, 3.8) is 0 Å². The Morgan fingerprint density at radius 1 is 1.47 bits per heavy atom. The third-order valence-corrected chi connectivity index (χ3v) is 4.39. The Hall–Kier alpha value is -1.12. The zero-order chi connectivity index (χ0) is 13.2. The fraction of sp³-hybridized carbons (Fsp3) is 0.222. The van der Waals surface area contributed by atoms with E-state index in [1.165, 1.54) is 19.2 Å². The van der Waals surface area contributed by atoms with Gasteiger partial charge in [0, 0.05) is 11.5 Å². The molecule has 8 heteroatoms. The molecule has 0 aliphatic rings. The van der Waals surface area contributed by atoms with Gasteiger partial charge in [0.25, 0.3) is 0 Å². The summed E-state index contributed by atoms with van der Waals surface area (Å²) in [4.78, 5) is 10.7. The van der Waals surface area contributed by atoms with Crippen molar-refractivity contribution in [2.75, 3.05) is 19.3 Å². The SMILES string of the molecule is CN(CC(N)=O)S(=O)(=O)c1cc(Br)ccc1N. The molecule has 0 fully saturated rings. The van der Waals surface area contributed by atoms with E-state index in [0.717, 1.165) is 4.31 Å². The largest absolute Gasteiger partial charge is 0.398 e. The zero-order valence-corrected chi connectivity index (χ0v) is 11.5. The normalized spacial score (nSPS) is 11.7. The Morgan fingerprint density at radius 3 is 2.59 bits per heavy atom. The van der Waals surface area contributed by atoms with Crippen molar-refractivity contribution in [2.45, 2.75) is 4.90 Å². The minimum atomic E-state index is -3.81. The zero-order valence-electron chi connectivity index (χ0n) is 9.05. The maximum absolute atomic E-state index is 12.1. The highest BCUT2D eigenvalue weighted by atomic mass is 79.9. The minimum Gasteiger partial charge on any atom is -0.398 e. The summed E-state index contributed by atoms with van der Waals surface area (Å²) in [6.07, 6.45) is 0. The lowest BCUT2D eigenvalue weighted by molar-refractivity contribution is -0.118. The number of nitrogen functional groups attached to an aromatic ring is 1. The molecule has 0 unspecified atom stereocenters. The number of carbonyl (C=O) groups is 1. The first-order chi connectivity index (χ1) is 7.75. The second kappa shape index (κ2) is 5.03. The summed E-state index contributed by atoms with van der Waals surface area (Å²) in [7, 11) is -2.55. The molecular formula is C9H12BrN3O3S. The predicted octanol–water partition coefficient (Wildman–Crippen LogP) is 0.137. The van der Waals surface area contributed by atoms with Crippen LogP contribution in [0.4, 0.5) is 5.69 Å². The quantitative estimate of drug-likeness (QED) is 0.769. The first-order valence-corrected chi connectivity index (χ1v) is 6.78. The summed E-state index contributed by atoms with van der Waals surface area (Å²) in [5, 5.41) is 0. The molecule has 94 valence electrons. The average molecular weight is 322 g/mol. The van der Waals surface area contributed by atoms with Crippen molar-refractivity contribution in [3.8, 4) is 0 Å². The molecule has 0 saturated heterocycles. The number of benzene rings is 1. The number of halogens is 1. The molecule has 0 bridgehead atoms. The fourth-order valence-electron chi connectivity index (χ4n) is 1.20. The molecule has 6 nitrogen and oxygen atoms in total. The van der Waals surface area contributed by atoms with Crippen molar-refractivity contribution < 1.29 is 13.2 Å². The van der Waals surface area contributed by atoms with E-state index in [-0.39, 0.29) is 10.6 Å². The van der Waals surface area contributed by atoms with Crippen molar-refractivity contribution in [3.05, 3.63) is 22.7 Å². The molecular weight excluding hydrogens is 310 g/mol. The maximum atomic E-state index is 12.1. The van der Waals surface area contributed by atoms with Crippen molar-refractivity contribution >= 4 is 37.5 Å². The fourth-order valence-corrected chi connectivity index (χ4v) is 2.99. The van der Waals surface area contributed by atoms with E-state index in [9.17, 15) is 13.2 Å². The van der Waals surface area contributed by atoms with Crippen LogP contribution in [-0.2, 0) is 14.8 Å². The van der Waals surface area contributed by atoms with Gasteiger partial charge >= 0.3 is 0 Å². The van der Waals surface area contributed by atoms with Crippen LogP contribution < -0.4 is 11.5 Å². The molecule has 0 radical (unpaired) electrons. The molecule has 1 aromatic rings. The third kappa shape index (κ3) is 3.18. The number of anilines is 1. The highest BCUT2D eigenvalue weighted by molar-refractivity contribution is 9.10. The standard InChI is InChI=1S/C9H12BrN3O3S/c1-13(5-9(12)14)17(15,16)8-4-6(10)2-3-7(8)11/h2-4H,5,11H2,1H3,(H2,12,14). The molecule has 4 N–H and O–H groups in total. The molecule has 0 saturated carbocycles. The van der Waals surface area contributed by atoms with E-state index in [2.05, 4.69) is 15.9 Å². The third-order valence-electron chi connectivity index (χ3n) is 2.04. The highest BCUT2D eigenvalue weighted by Crippen LogP contribution is 2.25. The Balaban J connectivity index is 3.21. The minimum absolute atomic E-state index is 0.0596. The monoisotopic (exact) mass is 321 g/mol. The molecule has 0 aliphatic carbocycles. The van der Waals surface area contributed by atoms with Crippen LogP contribution >= 0.6 is 15.9 Å². The summed E-state index contributed by atoms with van der Waals surface area (Å²) in [5.41, 5.74) is 10.7. The van der Waals surface area contributed by atoms with Gasteiger partial charge in [-0.2, -0.15) is 4.31 Å². The predicted molar refractivity (Wildman–Crippen MR) is 67.6 cm³/mol. The smallest absolute Gasteiger partial charge is 0.245 e. The van der Waals surface area contributed by atoms with E-state index in [4.69, 9.17) is 11.5 Å². The van der Waals surface area contributed by atoms with Crippen molar-refractivity contribution in [1.29, 1.82) is 0 Å². The summed E-state index contributed by atoms with van der Waals surface area (Å²) < 4.78 is 25.6. The van der Waals surface area contributed by atoms with Crippen LogP contribution in [-0.4, -0.2) is 32.2 Å². The van der Waals surface area contributed by atoms with Gasteiger partial charge in [-0.15, -0.1) is 0 Å². The number of carbonyl (C=O) groups excluding carboxylic acids is 1. The Labute approximate surface area is 108 Å². The van der Waals surface area contributed by atoms with Gasteiger partial charge in [-0.05, 0) is 18.2 Å². The lowest BCUT2D eigenvalue weighted by Gasteiger charge is -2.16. The Morgan fingerprint density at radius 2 is 2.06 bits per heavy atom. The molecule has 1 rings (SSSR count).